The molecule has 0 aliphatic carbocycles. The molecule has 32 heavy (non-hydrogen) atoms. The summed E-state index contributed by atoms with van der Waals surface area (Å²) in [5, 5.41) is 0. The maximum atomic E-state index is 13.9. The summed E-state index contributed by atoms with van der Waals surface area (Å²) in [4.78, 5) is 31.3. The van der Waals surface area contributed by atoms with Gasteiger partial charge in [0.2, 0.25) is 5.91 Å². The van der Waals surface area contributed by atoms with Gasteiger partial charge < -0.3 is 14.2 Å². The highest BCUT2D eigenvalue weighted by Crippen LogP contribution is 2.44. The molecule has 6 heteroatoms. The summed E-state index contributed by atoms with van der Waals surface area (Å²) in [7, 11) is 0. The zero-order valence-electron chi connectivity index (χ0n) is 17.9. The van der Waals surface area contributed by atoms with Crippen molar-refractivity contribution in [3.8, 4) is 0 Å². The van der Waals surface area contributed by atoms with Crippen LogP contribution >= 0.6 is 11.8 Å². The van der Waals surface area contributed by atoms with Crippen molar-refractivity contribution in [1.29, 1.82) is 0 Å². The minimum absolute atomic E-state index is 0.0452. The molecule has 1 saturated heterocycles. The van der Waals surface area contributed by atoms with E-state index in [9.17, 15) is 9.59 Å². The molecule has 2 aliphatic heterocycles. The lowest BCUT2D eigenvalue weighted by Crippen LogP contribution is -2.50. The number of thioether (sulfide) groups is 1. The van der Waals surface area contributed by atoms with Crippen molar-refractivity contribution >= 4 is 23.6 Å². The highest BCUT2D eigenvalue weighted by Gasteiger charge is 2.46. The number of furan rings is 1. The third-order valence-corrected chi connectivity index (χ3v) is 7.29. The molecule has 2 atom stereocenters. The standard InChI is InChI=1S/C26H26N2O3S/c29-25-21-10-5-4-9-20(21)23(26(30)27-14-17-32-18-15-27)24(22-11-6-16-31-22)28(25)13-12-19-7-2-1-3-8-19/h1-11,16,23-24H,12-15,17-18H2/t23-,24+/m1/s1. The molecule has 1 aromatic heterocycles. The number of amides is 2. The number of rotatable bonds is 5. The van der Waals surface area contributed by atoms with Gasteiger partial charge in [0.05, 0.1) is 12.2 Å². The molecule has 5 rings (SSSR count). The first-order chi connectivity index (χ1) is 15.7. The Labute approximate surface area is 192 Å². The van der Waals surface area contributed by atoms with Gasteiger partial charge >= 0.3 is 0 Å². The van der Waals surface area contributed by atoms with Gasteiger partial charge in [-0.2, -0.15) is 11.8 Å². The Bertz CT molecular complexity index is 1080. The lowest BCUT2D eigenvalue weighted by Gasteiger charge is -2.42. The van der Waals surface area contributed by atoms with Crippen LogP contribution in [0.1, 0.15) is 39.2 Å². The number of hydrogen-bond acceptors (Lipinski definition) is 4. The molecule has 0 radical (unpaired) electrons. The van der Waals surface area contributed by atoms with Gasteiger partial charge in [-0.1, -0.05) is 48.5 Å². The molecular formula is C26H26N2O3S. The zero-order chi connectivity index (χ0) is 21.9. The predicted molar refractivity (Wildman–Crippen MR) is 126 cm³/mol. The minimum atomic E-state index is -0.478. The van der Waals surface area contributed by atoms with Crippen LogP contribution in [0.15, 0.2) is 77.4 Å². The van der Waals surface area contributed by atoms with Crippen LogP contribution in [-0.4, -0.2) is 52.8 Å². The first-order valence-corrected chi connectivity index (χ1v) is 12.2. The maximum Gasteiger partial charge on any atom is 0.254 e. The second-order valence-corrected chi connectivity index (χ2v) is 9.42. The predicted octanol–water partition coefficient (Wildman–Crippen LogP) is 4.38. The quantitative estimate of drug-likeness (QED) is 0.584. The molecule has 2 aromatic carbocycles. The van der Waals surface area contributed by atoms with E-state index in [0.717, 1.165) is 35.7 Å². The highest BCUT2D eigenvalue weighted by molar-refractivity contribution is 7.99. The Morgan fingerprint density at radius 3 is 2.47 bits per heavy atom. The SMILES string of the molecule is O=C([C@@H]1c2ccccc2C(=O)N(CCc2ccccc2)[C@H]1c1ccco1)N1CCSCC1. The molecule has 3 aromatic rings. The van der Waals surface area contributed by atoms with Gasteiger partial charge in [-0.05, 0) is 35.7 Å². The van der Waals surface area contributed by atoms with E-state index in [1.54, 1.807) is 6.26 Å². The normalized spacial score (nSPS) is 20.8. The number of hydrogen-bond donors (Lipinski definition) is 0. The fraction of sp³-hybridized carbons (Fsp3) is 0.308. The van der Waals surface area contributed by atoms with Crippen LogP contribution in [0.3, 0.4) is 0 Å². The minimum Gasteiger partial charge on any atom is -0.467 e. The summed E-state index contributed by atoms with van der Waals surface area (Å²) in [6, 6.07) is 21.0. The molecule has 0 unspecified atom stereocenters. The van der Waals surface area contributed by atoms with Crippen molar-refractivity contribution in [2.45, 2.75) is 18.4 Å². The van der Waals surface area contributed by atoms with Crippen molar-refractivity contribution in [2.75, 3.05) is 31.1 Å². The Balaban J connectivity index is 1.56. The van der Waals surface area contributed by atoms with Crippen molar-refractivity contribution in [1.82, 2.24) is 9.80 Å². The van der Waals surface area contributed by atoms with Crippen molar-refractivity contribution in [2.24, 2.45) is 0 Å². The van der Waals surface area contributed by atoms with Crippen LogP contribution < -0.4 is 0 Å². The summed E-state index contributed by atoms with van der Waals surface area (Å²) >= 11 is 1.88. The van der Waals surface area contributed by atoms with Gasteiger partial charge in [0.1, 0.15) is 11.8 Å². The summed E-state index contributed by atoms with van der Waals surface area (Å²) in [5.74, 6) is 2.11. The molecule has 5 nitrogen and oxygen atoms in total. The molecule has 2 amide bonds. The molecule has 0 saturated carbocycles. The monoisotopic (exact) mass is 446 g/mol. The van der Waals surface area contributed by atoms with Gasteiger partial charge in [0.25, 0.3) is 5.91 Å². The average molecular weight is 447 g/mol. The molecule has 164 valence electrons. The number of carbonyl (C=O) groups is 2. The summed E-state index contributed by atoms with van der Waals surface area (Å²) in [5.41, 5.74) is 2.58. The molecule has 0 spiro atoms. The van der Waals surface area contributed by atoms with E-state index in [-0.39, 0.29) is 11.8 Å². The number of carbonyl (C=O) groups excluding carboxylic acids is 2. The first-order valence-electron chi connectivity index (χ1n) is 11.1. The second-order valence-electron chi connectivity index (χ2n) is 8.20. The highest BCUT2D eigenvalue weighted by atomic mass is 32.2. The third-order valence-electron chi connectivity index (χ3n) is 6.35. The van der Waals surface area contributed by atoms with Crippen LogP contribution in [0.5, 0.6) is 0 Å². The fourth-order valence-electron chi connectivity index (χ4n) is 4.75. The van der Waals surface area contributed by atoms with Crippen LogP contribution in [-0.2, 0) is 11.2 Å². The molecule has 1 fully saturated rings. The summed E-state index contributed by atoms with van der Waals surface area (Å²) < 4.78 is 5.82. The topological polar surface area (TPSA) is 53.8 Å². The Morgan fingerprint density at radius 1 is 0.969 bits per heavy atom. The largest absolute Gasteiger partial charge is 0.467 e. The van der Waals surface area contributed by atoms with Gasteiger partial charge in [-0.15, -0.1) is 0 Å². The molecular weight excluding hydrogens is 420 g/mol. The first kappa shape index (κ1) is 20.9. The fourth-order valence-corrected chi connectivity index (χ4v) is 5.66. The Hall–Kier alpha value is -2.99. The van der Waals surface area contributed by atoms with E-state index in [0.29, 0.717) is 24.3 Å². The average Bonchev–Trinajstić information content (AvgIpc) is 3.39. The summed E-state index contributed by atoms with van der Waals surface area (Å²) in [6.45, 7) is 2.00. The van der Waals surface area contributed by atoms with E-state index < -0.39 is 12.0 Å². The second kappa shape index (κ2) is 9.25. The molecule has 3 heterocycles. The van der Waals surface area contributed by atoms with Gasteiger partial charge in [0, 0.05) is 36.7 Å². The number of nitrogens with zero attached hydrogens (tertiary/aromatic N) is 2. The number of benzene rings is 2. The lowest BCUT2D eigenvalue weighted by atomic mass is 9.80. The third kappa shape index (κ3) is 3.95. The van der Waals surface area contributed by atoms with Crippen LogP contribution in [0.25, 0.3) is 0 Å². The van der Waals surface area contributed by atoms with Gasteiger partial charge in [-0.25, -0.2) is 0 Å². The van der Waals surface area contributed by atoms with Crippen LogP contribution in [0.4, 0.5) is 0 Å². The molecule has 0 bridgehead atoms. The van der Waals surface area contributed by atoms with E-state index in [4.69, 9.17) is 4.42 Å². The maximum absolute atomic E-state index is 13.9. The Kier molecular flexibility index (Phi) is 6.04. The van der Waals surface area contributed by atoms with Crippen LogP contribution in [0.2, 0.25) is 0 Å². The van der Waals surface area contributed by atoms with Gasteiger partial charge in [-0.3, -0.25) is 9.59 Å². The number of fused-ring (bicyclic) bond motifs is 1. The molecule has 2 aliphatic rings. The zero-order valence-corrected chi connectivity index (χ0v) is 18.7. The van der Waals surface area contributed by atoms with Crippen LogP contribution in [0, 0.1) is 0 Å². The van der Waals surface area contributed by atoms with Gasteiger partial charge in [0.15, 0.2) is 0 Å². The van der Waals surface area contributed by atoms with E-state index in [1.807, 2.05) is 76.2 Å². The van der Waals surface area contributed by atoms with Crippen molar-refractivity contribution in [3.63, 3.8) is 0 Å². The van der Waals surface area contributed by atoms with E-state index >= 15 is 0 Å². The lowest BCUT2D eigenvalue weighted by molar-refractivity contribution is -0.134. The Morgan fingerprint density at radius 2 is 1.72 bits per heavy atom. The summed E-state index contributed by atoms with van der Waals surface area (Å²) in [6.07, 6.45) is 2.34. The van der Waals surface area contributed by atoms with E-state index in [2.05, 4.69) is 12.1 Å². The van der Waals surface area contributed by atoms with E-state index in [1.165, 1.54) is 0 Å². The van der Waals surface area contributed by atoms with Crippen molar-refractivity contribution < 1.29 is 14.0 Å². The molecule has 0 N–H and O–H groups in total. The van der Waals surface area contributed by atoms with Crippen molar-refractivity contribution in [3.05, 3.63) is 95.4 Å². The smallest absolute Gasteiger partial charge is 0.254 e.